The van der Waals surface area contributed by atoms with Crippen molar-refractivity contribution in [1.29, 1.82) is 0 Å². The summed E-state index contributed by atoms with van der Waals surface area (Å²) < 4.78 is 5.71. The third-order valence-electron chi connectivity index (χ3n) is 4.80. The zero-order valence-corrected chi connectivity index (χ0v) is 11.8. The molecule has 3 fully saturated rings. The Hall–Kier alpha value is -0.650. The second-order valence-electron chi connectivity index (χ2n) is 6.18. The minimum atomic E-state index is -0.256. The molecule has 0 aromatic rings. The maximum absolute atomic E-state index is 12.4. The normalized spacial score (nSPS) is 35.8. The van der Waals surface area contributed by atoms with E-state index in [0.717, 1.165) is 38.4 Å². The first kappa shape index (κ1) is 13.3. The Morgan fingerprint density at radius 1 is 1.32 bits per heavy atom. The van der Waals surface area contributed by atoms with Gasteiger partial charge in [-0.25, -0.2) is 0 Å². The summed E-state index contributed by atoms with van der Waals surface area (Å²) in [6.45, 7) is 2.70. The third kappa shape index (κ3) is 2.78. The Morgan fingerprint density at radius 2 is 2.11 bits per heavy atom. The smallest absolute Gasteiger partial charge is 0.251 e. The van der Waals surface area contributed by atoms with E-state index in [2.05, 4.69) is 4.90 Å². The molecule has 0 radical (unpaired) electrons. The predicted octanol–water partition coefficient (Wildman–Crippen LogP) is 0.188. The molecule has 1 aliphatic carbocycles. The van der Waals surface area contributed by atoms with Gasteiger partial charge in [-0.3, -0.25) is 9.69 Å². The number of hydrogen-bond donors (Lipinski definition) is 1. The lowest BCUT2D eigenvalue weighted by atomic mass is 10.1. The average molecular weight is 267 g/mol. The zero-order valence-electron chi connectivity index (χ0n) is 11.8. The van der Waals surface area contributed by atoms with Crippen LogP contribution in [0.4, 0.5) is 0 Å². The van der Waals surface area contributed by atoms with Gasteiger partial charge in [0.15, 0.2) is 0 Å². The lowest BCUT2D eigenvalue weighted by Crippen LogP contribution is -2.44. The molecule has 5 nitrogen and oxygen atoms in total. The van der Waals surface area contributed by atoms with E-state index in [1.807, 2.05) is 11.9 Å². The first-order chi connectivity index (χ1) is 9.19. The van der Waals surface area contributed by atoms with Crippen molar-refractivity contribution in [3.63, 3.8) is 0 Å². The van der Waals surface area contributed by atoms with Crippen LogP contribution in [0, 0.1) is 0 Å². The van der Waals surface area contributed by atoms with Gasteiger partial charge in [0.25, 0.3) is 5.91 Å². The van der Waals surface area contributed by atoms with Gasteiger partial charge in [-0.2, -0.15) is 0 Å². The quantitative estimate of drug-likeness (QED) is 0.790. The number of likely N-dealkylation sites (tertiary alicyclic amines) is 1. The van der Waals surface area contributed by atoms with Crippen molar-refractivity contribution in [2.24, 2.45) is 5.73 Å². The summed E-state index contributed by atoms with van der Waals surface area (Å²) in [7, 11) is 1.93. The number of rotatable bonds is 4. The topological polar surface area (TPSA) is 58.8 Å². The second-order valence-corrected chi connectivity index (χ2v) is 6.18. The molecule has 2 heterocycles. The standard InChI is InChI=1S/C14H25N3O2/c1-16(11-6-7-17(9-11)10-2-3-10)14(18)13-5-4-12(8-15)19-13/h10-13H,2-9,15H2,1H3/t11?,12-,13+/m1/s1. The molecule has 0 bridgehead atoms. The van der Waals surface area contributed by atoms with Crippen molar-refractivity contribution in [1.82, 2.24) is 9.80 Å². The van der Waals surface area contributed by atoms with Gasteiger partial charge in [0.05, 0.1) is 6.10 Å². The molecule has 5 heteroatoms. The number of hydrogen-bond acceptors (Lipinski definition) is 4. The molecule has 108 valence electrons. The van der Waals surface area contributed by atoms with Gasteiger partial charge in [0, 0.05) is 38.8 Å². The molecule has 2 N–H and O–H groups in total. The molecule has 2 saturated heterocycles. The number of likely N-dealkylation sites (N-methyl/N-ethyl adjacent to an activating group) is 1. The van der Waals surface area contributed by atoms with Crippen molar-refractivity contribution in [3.05, 3.63) is 0 Å². The van der Waals surface area contributed by atoms with Crippen molar-refractivity contribution < 1.29 is 9.53 Å². The van der Waals surface area contributed by atoms with Gasteiger partial charge in [0.1, 0.15) is 6.10 Å². The first-order valence-electron chi connectivity index (χ1n) is 7.55. The first-order valence-corrected chi connectivity index (χ1v) is 7.55. The number of carbonyl (C=O) groups excluding carboxylic acids is 1. The molecule has 0 aromatic heterocycles. The molecule has 1 amide bonds. The summed E-state index contributed by atoms with van der Waals surface area (Å²) in [5.41, 5.74) is 5.60. The Labute approximate surface area is 115 Å². The molecule has 1 saturated carbocycles. The molecule has 0 spiro atoms. The average Bonchev–Trinajstić information content (AvgIpc) is 2.98. The second kappa shape index (κ2) is 5.38. The fraction of sp³-hybridized carbons (Fsp3) is 0.929. The van der Waals surface area contributed by atoms with Gasteiger partial charge in [-0.1, -0.05) is 0 Å². The van der Waals surface area contributed by atoms with Crippen LogP contribution in [0.1, 0.15) is 32.1 Å². The Bertz CT molecular complexity index is 346. The van der Waals surface area contributed by atoms with E-state index in [4.69, 9.17) is 10.5 Å². The lowest BCUT2D eigenvalue weighted by molar-refractivity contribution is -0.143. The van der Waals surface area contributed by atoms with Gasteiger partial charge in [-0.15, -0.1) is 0 Å². The summed E-state index contributed by atoms with van der Waals surface area (Å²) in [6.07, 6.45) is 5.35. The van der Waals surface area contributed by atoms with E-state index in [0.29, 0.717) is 12.6 Å². The molecule has 1 unspecified atom stereocenters. The number of nitrogens with two attached hydrogens (primary N) is 1. The van der Waals surface area contributed by atoms with E-state index in [-0.39, 0.29) is 18.1 Å². The maximum Gasteiger partial charge on any atom is 0.251 e. The monoisotopic (exact) mass is 267 g/mol. The molecule has 0 aromatic carbocycles. The highest BCUT2D eigenvalue weighted by atomic mass is 16.5. The van der Waals surface area contributed by atoms with Crippen LogP contribution in [0.15, 0.2) is 0 Å². The highest BCUT2D eigenvalue weighted by molar-refractivity contribution is 5.81. The van der Waals surface area contributed by atoms with Crippen LogP contribution in [-0.4, -0.2) is 66.7 Å². The molecule has 19 heavy (non-hydrogen) atoms. The predicted molar refractivity (Wildman–Crippen MR) is 72.7 cm³/mol. The number of ether oxygens (including phenoxy) is 1. The molecular formula is C14H25N3O2. The van der Waals surface area contributed by atoms with Crippen molar-refractivity contribution in [2.75, 3.05) is 26.7 Å². The van der Waals surface area contributed by atoms with E-state index in [9.17, 15) is 4.79 Å². The fourth-order valence-corrected chi connectivity index (χ4v) is 3.32. The zero-order chi connectivity index (χ0) is 13.4. The van der Waals surface area contributed by atoms with Gasteiger partial charge < -0.3 is 15.4 Å². The molecular weight excluding hydrogens is 242 g/mol. The highest BCUT2D eigenvalue weighted by Crippen LogP contribution is 2.31. The van der Waals surface area contributed by atoms with E-state index in [1.165, 1.54) is 12.8 Å². The SMILES string of the molecule is CN(C(=O)[C@@H]1CC[C@H](CN)O1)C1CCN(C2CC2)C1. The summed E-state index contributed by atoms with van der Waals surface area (Å²) in [5.74, 6) is 0.151. The Balaban J connectivity index is 1.52. The number of nitrogens with zero attached hydrogens (tertiary/aromatic N) is 2. The van der Waals surface area contributed by atoms with Crippen LogP contribution in [0.25, 0.3) is 0 Å². The summed E-state index contributed by atoms with van der Waals surface area (Å²) in [5, 5.41) is 0. The third-order valence-corrected chi connectivity index (χ3v) is 4.80. The minimum absolute atomic E-state index is 0.0777. The number of carbonyl (C=O) groups is 1. The Morgan fingerprint density at radius 3 is 2.74 bits per heavy atom. The molecule has 3 atom stereocenters. The van der Waals surface area contributed by atoms with Crippen molar-refractivity contribution >= 4 is 5.91 Å². The van der Waals surface area contributed by atoms with Crippen LogP contribution < -0.4 is 5.73 Å². The van der Waals surface area contributed by atoms with Crippen LogP contribution >= 0.6 is 0 Å². The maximum atomic E-state index is 12.4. The lowest BCUT2D eigenvalue weighted by Gasteiger charge is -2.27. The van der Waals surface area contributed by atoms with E-state index < -0.39 is 0 Å². The summed E-state index contributed by atoms with van der Waals surface area (Å²) in [4.78, 5) is 16.9. The van der Waals surface area contributed by atoms with E-state index in [1.54, 1.807) is 0 Å². The van der Waals surface area contributed by atoms with Gasteiger partial charge in [0.2, 0.25) is 0 Å². The van der Waals surface area contributed by atoms with Crippen molar-refractivity contribution in [2.45, 2.75) is 56.4 Å². The minimum Gasteiger partial charge on any atom is -0.364 e. The molecule has 2 aliphatic heterocycles. The van der Waals surface area contributed by atoms with E-state index >= 15 is 0 Å². The van der Waals surface area contributed by atoms with Crippen LogP contribution in [0.5, 0.6) is 0 Å². The van der Waals surface area contributed by atoms with Crippen LogP contribution in [-0.2, 0) is 9.53 Å². The van der Waals surface area contributed by atoms with Gasteiger partial charge >= 0.3 is 0 Å². The summed E-state index contributed by atoms with van der Waals surface area (Å²) in [6, 6.07) is 1.17. The van der Waals surface area contributed by atoms with Crippen LogP contribution in [0.2, 0.25) is 0 Å². The molecule has 3 aliphatic rings. The molecule has 3 rings (SSSR count). The highest BCUT2D eigenvalue weighted by Gasteiger charge is 2.39. The summed E-state index contributed by atoms with van der Waals surface area (Å²) >= 11 is 0. The largest absolute Gasteiger partial charge is 0.364 e. The fourth-order valence-electron chi connectivity index (χ4n) is 3.32. The Kier molecular flexibility index (Phi) is 3.78. The number of amides is 1. The van der Waals surface area contributed by atoms with Gasteiger partial charge in [-0.05, 0) is 32.1 Å². The van der Waals surface area contributed by atoms with Crippen molar-refractivity contribution in [3.8, 4) is 0 Å². The van der Waals surface area contributed by atoms with Crippen LogP contribution in [0.3, 0.4) is 0 Å².